The molecule has 0 bridgehead atoms. The normalized spacial score (nSPS) is 11.2. The van der Waals surface area contributed by atoms with E-state index in [1.807, 2.05) is 48.5 Å². The predicted molar refractivity (Wildman–Crippen MR) is 136 cm³/mol. The van der Waals surface area contributed by atoms with Crippen molar-refractivity contribution in [1.82, 2.24) is 9.66 Å². The third-order valence-corrected chi connectivity index (χ3v) is 5.43. The Hall–Kier alpha value is -4.98. The van der Waals surface area contributed by atoms with Crippen LogP contribution in [0.4, 0.5) is 5.69 Å². The van der Waals surface area contributed by atoms with Gasteiger partial charge < -0.3 is 15.0 Å². The maximum Gasteiger partial charge on any atom is 0.349 e. The number of ether oxygens (including phenoxy) is 1. The molecule has 0 fully saturated rings. The van der Waals surface area contributed by atoms with Gasteiger partial charge in [0.2, 0.25) is 0 Å². The molecule has 2 N–H and O–H groups in total. The van der Waals surface area contributed by atoms with E-state index in [0.717, 1.165) is 15.4 Å². The van der Waals surface area contributed by atoms with Gasteiger partial charge in [-0.15, -0.1) is 4.68 Å². The van der Waals surface area contributed by atoms with Crippen LogP contribution >= 0.6 is 0 Å². The van der Waals surface area contributed by atoms with Crippen LogP contribution in [0.25, 0.3) is 21.7 Å². The smallest absolute Gasteiger partial charge is 0.349 e. The molecule has 5 rings (SSSR count). The molecule has 1 aromatic heterocycles. The van der Waals surface area contributed by atoms with Crippen molar-refractivity contribution in [3.63, 3.8) is 0 Å². The van der Waals surface area contributed by atoms with Crippen LogP contribution in [-0.4, -0.2) is 28.4 Å². The summed E-state index contributed by atoms with van der Waals surface area (Å²) in [6.45, 7) is -0.232. The molecule has 0 unspecified atom stereocenters. The first-order valence-electron chi connectivity index (χ1n) is 10.9. The van der Waals surface area contributed by atoms with E-state index in [2.05, 4.69) is 15.4 Å². The SMILES string of the molecule is O=C(COc1ccc2ccccc2c1C=Nn1c(=O)[nH]c2ccccc2c1=O)Nc1ccccc1. The molecule has 0 aliphatic rings. The number of para-hydroxylation sites is 2. The maximum atomic E-state index is 12.9. The molecule has 0 atom stereocenters. The van der Waals surface area contributed by atoms with Crippen LogP contribution in [0.15, 0.2) is 106 Å². The minimum Gasteiger partial charge on any atom is -0.483 e. The molecule has 0 spiro atoms. The highest BCUT2D eigenvalue weighted by Gasteiger charge is 2.11. The number of nitrogens with zero attached hydrogens (tertiary/aromatic N) is 2. The zero-order valence-corrected chi connectivity index (χ0v) is 18.5. The van der Waals surface area contributed by atoms with Gasteiger partial charge in [-0.3, -0.25) is 9.59 Å². The molecule has 35 heavy (non-hydrogen) atoms. The summed E-state index contributed by atoms with van der Waals surface area (Å²) in [6, 6.07) is 27.0. The molecule has 0 saturated carbocycles. The van der Waals surface area contributed by atoms with Crippen LogP contribution in [0.5, 0.6) is 5.75 Å². The minimum atomic E-state index is -0.658. The fraction of sp³-hybridized carbons (Fsp3) is 0.0370. The molecule has 1 heterocycles. The molecule has 0 radical (unpaired) electrons. The summed E-state index contributed by atoms with van der Waals surface area (Å²) >= 11 is 0. The maximum absolute atomic E-state index is 12.9. The number of anilines is 1. The van der Waals surface area contributed by atoms with Crippen LogP contribution in [0.2, 0.25) is 0 Å². The number of carbonyl (C=O) groups excluding carboxylic acids is 1. The zero-order valence-electron chi connectivity index (χ0n) is 18.5. The van der Waals surface area contributed by atoms with Crippen LogP contribution < -0.4 is 21.3 Å². The van der Waals surface area contributed by atoms with Gasteiger partial charge in [0.05, 0.1) is 17.1 Å². The highest BCUT2D eigenvalue weighted by molar-refractivity contribution is 6.02. The van der Waals surface area contributed by atoms with E-state index >= 15 is 0 Å². The summed E-state index contributed by atoms with van der Waals surface area (Å²) in [5.74, 6) is 0.0652. The fourth-order valence-electron chi connectivity index (χ4n) is 3.77. The van der Waals surface area contributed by atoms with Crippen molar-refractivity contribution in [2.75, 3.05) is 11.9 Å². The molecule has 0 aliphatic carbocycles. The standard InChI is InChI=1S/C27H20N4O4/c32-25(29-19-9-2-1-3-10-19)17-35-24-15-14-18-8-4-5-11-20(18)22(24)16-28-31-26(33)21-12-6-7-13-23(21)30-27(31)34/h1-16H,17H2,(H,29,32)(H,30,34). The Labute approximate surface area is 199 Å². The molecule has 5 aromatic rings. The second-order valence-corrected chi connectivity index (χ2v) is 7.74. The Morgan fingerprint density at radius 3 is 2.43 bits per heavy atom. The number of hydrogen-bond acceptors (Lipinski definition) is 5. The topological polar surface area (TPSA) is 106 Å². The van der Waals surface area contributed by atoms with Gasteiger partial charge in [-0.05, 0) is 41.1 Å². The van der Waals surface area contributed by atoms with E-state index in [0.29, 0.717) is 27.9 Å². The van der Waals surface area contributed by atoms with Gasteiger partial charge in [-0.1, -0.05) is 60.7 Å². The number of fused-ring (bicyclic) bond motifs is 2. The first-order chi connectivity index (χ1) is 17.1. The molecule has 8 heteroatoms. The van der Waals surface area contributed by atoms with E-state index in [4.69, 9.17) is 4.74 Å². The second-order valence-electron chi connectivity index (χ2n) is 7.74. The first kappa shape index (κ1) is 21.8. The van der Waals surface area contributed by atoms with Crippen molar-refractivity contribution >= 4 is 39.5 Å². The van der Waals surface area contributed by atoms with Crippen LogP contribution in [0.1, 0.15) is 5.56 Å². The number of benzene rings is 4. The van der Waals surface area contributed by atoms with E-state index < -0.39 is 11.2 Å². The van der Waals surface area contributed by atoms with Crippen molar-refractivity contribution < 1.29 is 9.53 Å². The quantitative estimate of drug-likeness (QED) is 0.374. The van der Waals surface area contributed by atoms with Gasteiger partial charge in [0, 0.05) is 11.3 Å². The summed E-state index contributed by atoms with van der Waals surface area (Å²) in [7, 11) is 0. The van der Waals surface area contributed by atoms with Gasteiger partial charge in [0.25, 0.3) is 11.5 Å². The first-order valence-corrected chi connectivity index (χ1v) is 10.9. The fourth-order valence-corrected chi connectivity index (χ4v) is 3.77. The Balaban J connectivity index is 1.50. The monoisotopic (exact) mass is 464 g/mol. The van der Waals surface area contributed by atoms with Crippen LogP contribution in [0.3, 0.4) is 0 Å². The van der Waals surface area contributed by atoms with Crippen molar-refractivity contribution in [3.8, 4) is 5.75 Å². The third kappa shape index (κ3) is 4.58. The number of H-pyrrole nitrogens is 1. The minimum absolute atomic E-state index is 0.232. The molecular formula is C27H20N4O4. The highest BCUT2D eigenvalue weighted by atomic mass is 16.5. The van der Waals surface area contributed by atoms with Gasteiger partial charge in [-0.2, -0.15) is 5.10 Å². The van der Waals surface area contributed by atoms with Crippen molar-refractivity contribution in [1.29, 1.82) is 0 Å². The highest BCUT2D eigenvalue weighted by Crippen LogP contribution is 2.27. The van der Waals surface area contributed by atoms with Gasteiger partial charge >= 0.3 is 5.69 Å². The van der Waals surface area contributed by atoms with Crippen LogP contribution in [0, 0.1) is 0 Å². The lowest BCUT2D eigenvalue weighted by Gasteiger charge is -2.12. The summed E-state index contributed by atoms with van der Waals surface area (Å²) < 4.78 is 6.60. The zero-order chi connectivity index (χ0) is 24.2. The Kier molecular flexibility index (Phi) is 5.92. The predicted octanol–water partition coefficient (Wildman–Crippen LogP) is 3.74. The molecule has 172 valence electrons. The molecule has 8 nitrogen and oxygen atoms in total. The van der Waals surface area contributed by atoms with Crippen LogP contribution in [-0.2, 0) is 4.79 Å². The molecule has 0 aliphatic heterocycles. The molecule has 0 saturated heterocycles. The van der Waals surface area contributed by atoms with Crippen molar-refractivity contribution in [2.45, 2.75) is 0 Å². The number of amides is 1. The van der Waals surface area contributed by atoms with E-state index in [1.54, 1.807) is 42.5 Å². The van der Waals surface area contributed by atoms with E-state index in [-0.39, 0.29) is 12.5 Å². The number of nitrogens with one attached hydrogen (secondary N) is 2. The summed E-state index contributed by atoms with van der Waals surface area (Å²) in [5, 5.41) is 9.01. The van der Waals surface area contributed by atoms with Gasteiger partial charge in [0.1, 0.15) is 5.75 Å². The molecular weight excluding hydrogens is 444 g/mol. The Morgan fingerprint density at radius 1 is 0.886 bits per heavy atom. The Bertz CT molecular complexity index is 1690. The van der Waals surface area contributed by atoms with E-state index in [1.165, 1.54) is 6.21 Å². The summed E-state index contributed by atoms with van der Waals surface area (Å²) in [5.41, 5.74) is 0.444. The largest absolute Gasteiger partial charge is 0.483 e. The number of hydrogen-bond donors (Lipinski definition) is 2. The second kappa shape index (κ2) is 9.48. The molecule has 1 amide bonds. The van der Waals surface area contributed by atoms with Crippen molar-refractivity contribution in [2.24, 2.45) is 5.10 Å². The average molecular weight is 464 g/mol. The van der Waals surface area contributed by atoms with Gasteiger partial charge in [-0.25, -0.2) is 4.79 Å². The lowest BCUT2D eigenvalue weighted by Crippen LogP contribution is -2.32. The lowest BCUT2D eigenvalue weighted by molar-refractivity contribution is -0.118. The lowest BCUT2D eigenvalue weighted by atomic mass is 10.0. The summed E-state index contributed by atoms with van der Waals surface area (Å²) in [4.78, 5) is 40.4. The summed E-state index contributed by atoms with van der Waals surface area (Å²) in [6.07, 6.45) is 1.40. The Morgan fingerprint density at radius 2 is 1.60 bits per heavy atom. The average Bonchev–Trinajstić information content (AvgIpc) is 2.88. The third-order valence-electron chi connectivity index (χ3n) is 5.43. The van der Waals surface area contributed by atoms with Crippen molar-refractivity contribution in [3.05, 3.63) is 117 Å². The molecule has 4 aromatic carbocycles. The van der Waals surface area contributed by atoms with Gasteiger partial charge in [0.15, 0.2) is 6.61 Å². The number of aromatic nitrogens is 2. The number of rotatable bonds is 6. The van der Waals surface area contributed by atoms with E-state index in [9.17, 15) is 14.4 Å². The number of aromatic amines is 1. The number of carbonyl (C=O) groups is 1.